The molecule has 0 atom stereocenters. The zero-order valence-corrected chi connectivity index (χ0v) is 20.6. The fourth-order valence-electron chi connectivity index (χ4n) is 5.04. The lowest BCUT2D eigenvalue weighted by molar-refractivity contribution is 0.568. The summed E-state index contributed by atoms with van der Waals surface area (Å²) in [6.07, 6.45) is 7.32. The summed E-state index contributed by atoms with van der Waals surface area (Å²) in [7, 11) is 0. The minimum atomic E-state index is 0.753. The molecule has 0 saturated carbocycles. The van der Waals surface area contributed by atoms with Gasteiger partial charge in [-0.3, -0.25) is 10.1 Å². The molecule has 3 N–H and O–H groups in total. The van der Waals surface area contributed by atoms with Crippen LogP contribution in [0, 0.1) is 0 Å². The van der Waals surface area contributed by atoms with E-state index in [1.165, 1.54) is 5.56 Å². The van der Waals surface area contributed by atoms with E-state index < -0.39 is 0 Å². The number of rotatable bonds is 7. The highest BCUT2D eigenvalue weighted by molar-refractivity contribution is 6.01. The lowest BCUT2D eigenvalue weighted by atomic mass is 10.0. The van der Waals surface area contributed by atoms with E-state index in [0.717, 1.165) is 74.1 Å². The van der Waals surface area contributed by atoms with Crippen molar-refractivity contribution in [2.45, 2.75) is 13.1 Å². The number of nitrogens with one attached hydrogen (secondary N) is 3. The molecule has 0 spiro atoms. The van der Waals surface area contributed by atoms with Crippen molar-refractivity contribution in [3.8, 4) is 33.6 Å². The van der Waals surface area contributed by atoms with Gasteiger partial charge in [0, 0.05) is 52.9 Å². The summed E-state index contributed by atoms with van der Waals surface area (Å²) in [6, 6.07) is 29.4. The number of benzene rings is 3. The molecule has 0 amide bonds. The number of fused-ring (bicyclic) bond motifs is 2. The number of pyridine rings is 1. The molecule has 38 heavy (non-hydrogen) atoms. The van der Waals surface area contributed by atoms with Crippen LogP contribution in [0.2, 0.25) is 0 Å². The molecule has 7 aromatic rings. The van der Waals surface area contributed by atoms with E-state index in [0.29, 0.717) is 0 Å². The number of aromatic nitrogens is 4. The van der Waals surface area contributed by atoms with Crippen LogP contribution >= 0.6 is 0 Å². The summed E-state index contributed by atoms with van der Waals surface area (Å²) < 4.78 is 5.32. The monoisotopic (exact) mass is 495 g/mol. The highest BCUT2D eigenvalue weighted by Gasteiger charge is 2.15. The summed E-state index contributed by atoms with van der Waals surface area (Å²) in [5.41, 5.74) is 10.7. The molecule has 3 aromatic carbocycles. The Morgan fingerprint density at radius 2 is 1.63 bits per heavy atom. The lowest BCUT2D eigenvalue weighted by Gasteiger charge is -2.08. The van der Waals surface area contributed by atoms with Crippen molar-refractivity contribution in [3.05, 3.63) is 121 Å². The minimum Gasteiger partial charge on any atom is -0.472 e. The Bertz CT molecular complexity index is 1850. The molecule has 0 saturated heterocycles. The second-order valence-electron chi connectivity index (χ2n) is 9.47. The zero-order valence-electron chi connectivity index (χ0n) is 20.6. The number of H-pyrrole nitrogens is 2. The molecule has 4 aromatic heterocycles. The summed E-state index contributed by atoms with van der Waals surface area (Å²) in [5, 5.41) is 13.6. The summed E-state index contributed by atoms with van der Waals surface area (Å²) in [6.45, 7) is 1.57. The average Bonchev–Trinajstić information content (AvgIpc) is 3.73. The van der Waals surface area contributed by atoms with Gasteiger partial charge in [-0.05, 0) is 58.7 Å². The number of aromatic amines is 2. The molecule has 184 valence electrons. The summed E-state index contributed by atoms with van der Waals surface area (Å²) in [5.74, 6) is 0. The average molecular weight is 496 g/mol. The third-order valence-corrected chi connectivity index (χ3v) is 6.94. The molecule has 0 aliphatic carbocycles. The first kappa shape index (κ1) is 22.3. The van der Waals surface area contributed by atoms with Crippen LogP contribution in [0.5, 0.6) is 0 Å². The van der Waals surface area contributed by atoms with Gasteiger partial charge in [0.2, 0.25) is 0 Å². The molecule has 0 unspecified atom stereocenters. The molecule has 0 bridgehead atoms. The van der Waals surface area contributed by atoms with Crippen LogP contribution in [-0.2, 0) is 13.1 Å². The Balaban J connectivity index is 1.20. The predicted octanol–water partition coefficient (Wildman–Crippen LogP) is 7.32. The van der Waals surface area contributed by atoms with Gasteiger partial charge in [0.15, 0.2) is 0 Å². The fraction of sp³-hybridized carbons (Fsp3) is 0.0625. The standard InChI is InChI=1S/C32H25N5O/c1-2-5-21(6-3-1)16-33-17-22-13-25(19-34-18-22)23-9-10-30-28(14-23)32(37-36-30)31-15-27-26(24-11-12-38-20-24)7-4-8-29(27)35-31/h1-15,18-20,33,35H,16-17H2,(H,36,37). The third kappa shape index (κ3) is 4.17. The van der Waals surface area contributed by atoms with E-state index in [-0.39, 0.29) is 0 Å². The first-order valence-corrected chi connectivity index (χ1v) is 12.6. The molecular weight excluding hydrogens is 470 g/mol. The van der Waals surface area contributed by atoms with Gasteiger partial charge in [0.25, 0.3) is 0 Å². The van der Waals surface area contributed by atoms with Gasteiger partial charge in [0.05, 0.1) is 23.7 Å². The highest BCUT2D eigenvalue weighted by atomic mass is 16.3. The van der Waals surface area contributed by atoms with Gasteiger partial charge in [-0.1, -0.05) is 48.5 Å². The zero-order chi connectivity index (χ0) is 25.3. The fourth-order valence-corrected chi connectivity index (χ4v) is 5.04. The van der Waals surface area contributed by atoms with Crippen molar-refractivity contribution in [2.24, 2.45) is 0 Å². The van der Waals surface area contributed by atoms with Crippen LogP contribution in [0.15, 0.2) is 114 Å². The number of nitrogens with zero attached hydrogens (tertiary/aromatic N) is 2. The number of hydrogen-bond acceptors (Lipinski definition) is 4. The van der Waals surface area contributed by atoms with Crippen molar-refractivity contribution >= 4 is 21.8 Å². The van der Waals surface area contributed by atoms with Crippen molar-refractivity contribution < 1.29 is 4.42 Å². The predicted molar refractivity (Wildman–Crippen MR) is 151 cm³/mol. The van der Waals surface area contributed by atoms with Gasteiger partial charge < -0.3 is 14.7 Å². The quantitative estimate of drug-likeness (QED) is 0.216. The van der Waals surface area contributed by atoms with Gasteiger partial charge in [-0.25, -0.2) is 0 Å². The molecule has 0 fully saturated rings. The van der Waals surface area contributed by atoms with Gasteiger partial charge in [-0.2, -0.15) is 5.10 Å². The van der Waals surface area contributed by atoms with E-state index in [1.807, 2.05) is 24.5 Å². The Hall–Kier alpha value is -4.94. The minimum absolute atomic E-state index is 0.753. The molecule has 6 nitrogen and oxygen atoms in total. The number of hydrogen-bond donors (Lipinski definition) is 3. The maximum atomic E-state index is 5.32. The topological polar surface area (TPSA) is 82.5 Å². The second kappa shape index (κ2) is 9.50. The van der Waals surface area contributed by atoms with Crippen molar-refractivity contribution in [3.63, 3.8) is 0 Å². The van der Waals surface area contributed by atoms with Crippen LogP contribution in [0.4, 0.5) is 0 Å². The maximum Gasteiger partial charge on any atom is 0.116 e. The number of furan rings is 1. The first-order valence-electron chi connectivity index (χ1n) is 12.6. The first-order chi connectivity index (χ1) is 18.8. The van der Waals surface area contributed by atoms with E-state index in [1.54, 1.807) is 12.5 Å². The van der Waals surface area contributed by atoms with Crippen LogP contribution in [0.3, 0.4) is 0 Å². The van der Waals surface area contributed by atoms with E-state index in [2.05, 4.69) is 98.3 Å². The Labute approximate surface area is 219 Å². The lowest BCUT2D eigenvalue weighted by Crippen LogP contribution is -2.12. The molecule has 4 heterocycles. The van der Waals surface area contributed by atoms with Crippen LogP contribution in [0.25, 0.3) is 55.4 Å². The van der Waals surface area contributed by atoms with Crippen molar-refractivity contribution in [2.75, 3.05) is 0 Å². The molecular formula is C32H25N5O. The normalized spacial score (nSPS) is 11.5. The largest absolute Gasteiger partial charge is 0.472 e. The summed E-state index contributed by atoms with van der Waals surface area (Å²) >= 11 is 0. The Morgan fingerprint density at radius 3 is 2.53 bits per heavy atom. The smallest absolute Gasteiger partial charge is 0.116 e. The van der Waals surface area contributed by atoms with E-state index in [4.69, 9.17) is 4.42 Å². The molecule has 6 heteroatoms. The Morgan fingerprint density at radius 1 is 0.711 bits per heavy atom. The summed E-state index contributed by atoms with van der Waals surface area (Å²) in [4.78, 5) is 8.08. The molecule has 0 radical (unpaired) electrons. The maximum absolute atomic E-state index is 5.32. The van der Waals surface area contributed by atoms with Crippen LogP contribution < -0.4 is 5.32 Å². The van der Waals surface area contributed by atoms with E-state index >= 15 is 0 Å². The van der Waals surface area contributed by atoms with E-state index in [9.17, 15) is 0 Å². The molecule has 7 rings (SSSR count). The van der Waals surface area contributed by atoms with Crippen molar-refractivity contribution in [1.82, 2.24) is 25.5 Å². The molecule has 0 aliphatic heterocycles. The van der Waals surface area contributed by atoms with Crippen LogP contribution in [-0.4, -0.2) is 20.2 Å². The highest BCUT2D eigenvalue weighted by Crippen LogP contribution is 2.35. The van der Waals surface area contributed by atoms with Crippen LogP contribution in [0.1, 0.15) is 11.1 Å². The van der Waals surface area contributed by atoms with Gasteiger partial charge >= 0.3 is 0 Å². The van der Waals surface area contributed by atoms with Crippen molar-refractivity contribution in [1.29, 1.82) is 0 Å². The van der Waals surface area contributed by atoms with Gasteiger partial charge in [-0.15, -0.1) is 0 Å². The Kier molecular flexibility index (Phi) is 5.57. The van der Waals surface area contributed by atoms with Gasteiger partial charge in [0.1, 0.15) is 5.69 Å². The second-order valence-corrected chi connectivity index (χ2v) is 9.47. The molecule has 0 aliphatic rings. The SMILES string of the molecule is c1ccc(CNCc2cncc(-c3ccc4[nH]nc(-c5cc6c(-c7ccoc7)cccc6[nH]5)c4c3)c2)cc1. The third-order valence-electron chi connectivity index (χ3n) is 6.94.